The van der Waals surface area contributed by atoms with E-state index in [0.29, 0.717) is 18.4 Å². The second-order valence-corrected chi connectivity index (χ2v) is 8.66. The molecule has 0 saturated carbocycles. The zero-order valence-electron chi connectivity index (χ0n) is 18.0. The Kier molecular flexibility index (Phi) is 10.4. The predicted octanol–water partition coefficient (Wildman–Crippen LogP) is 3.16. The molecule has 2 N–H and O–H groups in total. The summed E-state index contributed by atoms with van der Waals surface area (Å²) in [6.07, 6.45) is 0.325. The lowest BCUT2D eigenvalue weighted by Gasteiger charge is -2.42. The van der Waals surface area contributed by atoms with Gasteiger partial charge in [-0.2, -0.15) is 0 Å². The molecule has 2 saturated heterocycles. The maximum absolute atomic E-state index is 13.5. The van der Waals surface area contributed by atoms with Gasteiger partial charge in [0.2, 0.25) is 5.91 Å². The van der Waals surface area contributed by atoms with Crippen molar-refractivity contribution in [2.75, 3.05) is 32.7 Å². The Hall–Kier alpha value is -0.850. The Bertz CT molecular complexity index is 622. The number of hydrogen-bond donors (Lipinski definition) is 1. The Morgan fingerprint density at radius 2 is 1.66 bits per heavy atom. The lowest BCUT2D eigenvalue weighted by molar-refractivity contribution is -0.144. The van der Waals surface area contributed by atoms with Gasteiger partial charge in [0.05, 0.1) is 18.2 Å². The van der Waals surface area contributed by atoms with Crippen molar-refractivity contribution in [3.63, 3.8) is 0 Å². The van der Waals surface area contributed by atoms with Crippen LogP contribution < -0.4 is 5.73 Å². The lowest BCUT2D eigenvalue weighted by atomic mass is 9.89. The van der Waals surface area contributed by atoms with E-state index < -0.39 is 0 Å². The van der Waals surface area contributed by atoms with Gasteiger partial charge in [-0.15, -0.1) is 24.8 Å². The molecule has 0 radical (unpaired) electrons. The Morgan fingerprint density at radius 1 is 1.07 bits per heavy atom. The van der Waals surface area contributed by atoms with Crippen molar-refractivity contribution in [3.8, 4) is 0 Å². The van der Waals surface area contributed by atoms with E-state index in [0.717, 1.165) is 26.2 Å². The highest BCUT2D eigenvalue weighted by atomic mass is 35.5. The van der Waals surface area contributed by atoms with Crippen LogP contribution in [0.2, 0.25) is 0 Å². The van der Waals surface area contributed by atoms with E-state index in [1.165, 1.54) is 5.56 Å². The van der Waals surface area contributed by atoms with Crippen LogP contribution in [0.25, 0.3) is 0 Å². The first kappa shape index (κ1) is 26.2. The van der Waals surface area contributed by atoms with E-state index in [9.17, 15) is 4.79 Å². The van der Waals surface area contributed by atoms with Crippen LogP contribution >= 0.6 is 24.8 Å². The van der Waals surface area contributed by atoms with Crippen LogP contribution in [-0.2, 0) is 9.53 Å². The molecule has 0 aromatic heterocycles. The van der Waals surface area contributed by atoms with Crippen molar-refractivity contribution in [2.45, 2.75) is 51.9 Å². The summed E-state index contributed by atoms with van der Waals surface area (Å²) >= 11 is 0. The van der Waals surface area contributed by atoms with Gasteiger partial charge in [0, 0.05) is 32.1 Å². The van der Waals surface area contributed by atoms with Crippen molar-refractivity contribution in [1.82, 2.24) is 9.80 Å². The van der Waals surface area contributed by atoms with Gasteiger partial charge < -0.3 is 15.4 Å². The SMILES string of the molecule is CC1CN(C(C(=O)N2C[C@@H](CN)[C@H](c3ccccc3)C2)C(C)C)CC(C)O1.Cl.Cl. The van der Waals surface area contributed by atoms with Gasteiger partial charge in [-0.3, -0.25) is 9.69 Å². The number of nitrogens with zero attached hydrogens (tertiary/aromatic N) is 2. The van der Waals surface area contributed by atoms with Gasteiger partial charge in [0.25, 0.3) is 0 Å². The summed E-state index contributed by atoms with van der Waals surface area (Å²) in [5, 5.41) is 0. The molecule has 1 aromatic carbocycles. The molecule has 2 aliphatic heterocycles. The minimum Gasteiger partial charge on any atom is -0.373 e. The van der Waals surface area contributed by atoms with Crippen LogP contribution in [0.15, 0.2) is 30.3 Å². The first-order valence-electron chi connectivity index (χ1n) is 10.3. The predicted molar refractivity (Wildman–Crippen MR) is 123 cm³/mol. The summed E-state index contributed by atoms with van der Waals surface area (Å²) in [6.45, 7) is 12.3. The Labute approximate surface area is 188 Å². The number of nitrogens with two attached hydrogens (primary N) is 1. The van der Waals surface area contributed by atoms with E-state index in [2.05, 4.69) is 61.8 Å². The van der Waals surface area contributed by atoms with E-state index in [1.54, 1.807) is 0 Å². The van der Waals surface area contributed by atoms with Crippen LogP contribution in [0.5, 0.6) is 0 Å². The number of carbonyl (C=O) groups excluding carboxylic acids is 1. The van der Waals surface area contributed by atoms with Crippen LogP contribution in [0, 0.1) is 11.8 Å². The van der Waals surface area contributed by atoms with Gasteiger partial charge in [-0.05, 0) is 37.8 Å². The lowest BCUT2D eigenvalue weighted by Crippen LogP contribution is -2.57. The zero-order valence-corrected chi connectivity index (χ0v) is 19.6. The molecule has 2 aliphatic rings. The van der Waals surface area contributed by atoms with E-state index >= 15 is 0 Å². The van der Waals surface area contributed by atoms with Gasteiger partial charge in [-0.25, -0.2) is 0 Å². The first-order valence-corrected chi connectivity index (χ1v) is 10.3. The summed E-state index contributed by atoms with van der Waals surface area (Å²) < 4.78 is 5.88. The number of carbonyl (C=O) groups is 1. The second-order valence-electron chi connectivity index (χ2n) is 8.66. The molecule has 3 unspecified atom stereocenters. The highest BCUT2D eigenvalue weighted by molar-refractivity contribution is 5.85. The fraction of sp³-hybridized carbons (Fsp3) is 0.682. The monoisotopic (exact) mass is 445 g/mol. The number of amides is 1. The maximum atomic E-state index is 13.5. The zero-order chi connectivity index (χ0) is 19.6. The molecule has 3 rings (SSSR count). The van der Waals surface area contributed by atoms with Crippen molar-refractivity contribution in [1.29, 1.82) is 0 Å². The van der Waals surface area contributed by atoms with Crippen LogP contribution in [0.3, 0.4) is 0 Å². The van der Waals surface area contributed by atoms with Gasteiger partial charge in [0.1, 0.15) is 0 Å². The average molecular weight is 446 g/mol. The van der Waals surface area contributed by atoms with Gasteiger partial charge >= 0.3 is 0 Å². The molecular formula is C22H37Cl2N3O2. The van der Waals surface area contributed by atoms with E-state index in [4.69, 9.17) is 10.5 Å². The standard InChI is InChI=1S/C22H35N3O2.2ClH/c1-15(2)21(24-11-16(3)27-17(4)12-24)22(26)25-13-19(10-23)20(14-25)18-8-6-5-7-9-18;;/h5-9,15-17,19-21H,10-14,23H2,1-4H3;2*1H/t16?,17?,19-,20+,21?;;/m1../s1. The molecule has 166 valence electrons. The molecule has 2 heterocycles. The van der Waals surface area contributed by atoms with Gasteiger partial charge in [0.15, 0.2) is 0 Å². The summed E-state index contributed by atoms with van der Waals surface area (Å²) in [7, 11) is 0. The minimum absolute atomic E-state index is 0. The number of morpholine rings is 1. The molecule has 0 spiro atoms. The smallest absolute Gasteiger partial charge is 0.240 e. The summed E-state index contributed by atoms with van der Waals surface area (Å²) in [6, 6.07) is 10.4. The van der Waals surface area contributed by atoms with Crippen LogP contribution in [-0.4, -0.2) is 66.7 Å². The molecule has 7 heteroatoms. The molecule has 1 amide bonds. The number of hydrogen-bond acceptors (Lipinski definition) is 4. The highest BCUT2D eigenvalue weighted by Crippen LogP contribution is 2.33. The number of likely N-dealkylation sites (tertiary alicyclic amines) is 1. The molecule has 1 aromatic rings. The normalized spacial score (nSPS) is 28.6. The third-order valence-electron chi connectivity index (χ3n) is 6.01. The first-order chi connectivity index (χ1) is 12.9. The van der Waals surface area contributed by atoms with E-state index in [-0.39, 0.29) is 54.9 Å². The van der Waals surface area contributed by atoms with Crippen LogP contribution in [0.1, 0.15) is 39.2 Å². The summed E-state index contributed by atoms with van der Waals surface area (Å²) in [5.74, 6) is 1.17. The fourth-order valence-electron chi connectivity index (χ4n) is 4.86. The van der Waals surface area contributed by atoms with Gasteiger partial charge in [-0.1, -0.05) is 44.2 Å². The largest absolute Gasteiger partial charge is 0.373 e. The molecule has 5 nitrogen and oxygen atoms in total. The molecule has 2 fully saturated rings. The maximum Gasteiger partial charge on any atom is 0.240 e. The van der Waals surface area contributed by atoms with Crippen molar-refractivity contribution < 1.29 is 9.53 Å². The van der Waals surface area contributed by atoms with Crippen molar-refractivity contribution in [3.05, 3.63) is 35.9 Å². The van der Waals surface area contributed by atoms with Crippen LogP contribution in [0.4, 0.5) is 0 Å². The third-order valence-corrected chi connectivity index (χ3v) is 6.01. The number of halogens is 2. The van der Waals surface area contributed by atoms with Crippen molar-refractivity contribution in [2.24, 2.45) is 17.6 Å². The molecule has 5 atom stereocenters. The second kappa shape index (κ2) is 11.5. The number of ether oxygens (including phenoxy) is 1. The molecule has 0 bridgehead atoms. The molecular weight excluding hydrogens is 409 g/mol. The van der Waals surface area contributed by atoms with E-state index in [1.807, 2.05) is 6.07 Å². The molecule has 0 aliphatic carbocycles. The summed E-state index contributed by atoms with van der Waals surface area (Å²) in [4.78, 5) is 17.9. The van der Waals surface area contributed by atoms with Crippen molar-refractivity contribution >= 4 is 30.7 Å². The highest BCUT2D eigenvalue weighted by Gasteiger charge is 2.41. The number of benzene rings is 1. The summed E-state index contributed by atoms with van der Waals surface area (Å²) in [5.41, 5.74) is 7.36. The Balaban J connectivity index is 0.00000210. The molecule has 29 heavy (non-hydrogen) atoms. The Morgan fingerprint density at radius 3 is 2.17 bits per heavy atom. The third kappa shape index (κ3) is 6.08. The quantitative estimate of drug-likeness (QED) is 0.755. The fourth-order valence-corrected chi connectivity index (χ4v) is 4.86. The average Bonchev–Trinajstić information content (AvgIpc) is 3.06. The minimum atomic E-state index is -0.0910. The topological polar surface area (TPSA) is 58.8 Å². The number of rotatable bonds is 5.